The topological polar surface area (TPSA) is 84.5 Å². The molecule has 0 unspecified atom stereocenters. The van der Waals surface area contributed by atoms with Crippen LogP contribution in [0.25, 0.3) is 0 Å². The summed E-state index contributed by atoms with van der Waals surface area (Å²) in [7, 11) is -2.09. The molecular weight excluding hydrogens is 384 g/mol. The summed E-state index contributed by atoms with van der Waals surface area (Å²) in [6.45, 7) is 1.06. The normalized spacial score (nSPS) is 11.3. The fourth-order valence-corrected chi connectivity index (χ4v) is 4.12. The number of rotatable bonds is 11. The molecule has 0 aromatic heterocycles. The first-order chi connectivity index (χ1) is 13.0. The van der Waals surface area contributed by atoms with Crippen LogP contribution in [0, 0.1) is 0 Å². The van der Waals surface area contributed by atoms with Gasteiger partial charge in [-0.2, -0.15) is 0 Å². The summed E-state index contributed by atoms with van der Waals surface area (Å²) in [6, 6.07) is 16.0. The standard InChI is InChI=1S/C19H24N2O4S2/c1-25-14-13-21-27(23,24)18-10-8-16(9-11-18)19(22)20-12-5-15-26-17-6-3-2-4-7-17/h2-4,6-11,21H,5,12-15H2,1H3,(H,20,22). The summed E-state index contributed by atoms with van der Waals surface area (Å²) >= 11 is 1.75. The summed E-state index contributed by atoms with van der Waals surface area (Å²) in [5.41, 5.74) is 0.432. The van der Waals surface area contributed by atoms with Gasteiger partial charge >= 0.3 is 0 Å². The Hall–Kier alpha value is -1.87. The van der Waals surface area contributed by atoms with Crippen molar-refractivity contribution in [2.45, 2.75) is 16.2 Å². The van der Waals surface area contributed by atoms with Crippen LogP contribution in [-0.2, 0) is 14.8 Å². The molecule has 0 aliphatic rings. The molecule has 2 rings (SSSR count). The van der Waals surface area contributed by atoms with Crippen LogP contribution in [0.1, 0.15) is 16.8 Å². The maximum Gasteiger partial charge on any atom is 0.251 e. The molecule has 0 radical (unpaired) electrons. The number of thioether (sulfide) groups is 1. The molecule has 0 saturated heterocycles. The molecule has 27 heavy (non-hydrogen) atoms. The van der Waals surface area contributed by atoms with Crippen LogP contribution < -0.4 is 10.0 Å². The fourth-order valence-electron chi connectivity index (χ4n) is 2.23. The van der Waals surface area contributed by atoms with E-state index >= 15 is 0 Å². The smallest absolute Gasteiger partial charge is 0.251 e. The molecule has 0 aliphatic heterocycles. The summed E-state index contributed by atoms with van der Waals surface area (Å²) in [5, 5.41) is 2.85. The monoisotopic (exact) mass is 408 g/mol. The highest BCUT2D eigenvalue weighted by molar-refractivity contribution is 7.99. The van der Waals surface area contributed by atoms with Gasteiger partial charge in [-0.15, -0.1) is 11.8 Å². The minimum absolute atomic E-state index is 0.120. The van der Waals surface area contributed by atoms with Crippen molar-refractivity contribution < 1.29 is 17.9 Å². The van der Waals surface area contributed by atoms with Gasteiger partial charge in [-0.3, -0.25) is 4.79 Å². The molecule has 0 atom stereocenters. The van der Waals surface area contributed by atoms with E-state index in [9.17, 15) is 13.2 Å². The second kappa shape index (κ2) is 11.1. The maximum atomic E-state index is 12.2. The van der Waals surface area contributed by atoms with E-state index in [2.05, 4.69) is 22.2 Å². The van der Waals surface area contributed by atoms with Crippen molar-refractivity contribution in [3.05, 3.63) is 60.2 Å². The minimum atomic E-state index is -3.59. The molecule has 0 aliphatic carbocycles. The number of hydrogen-bond donors (Lipinski definition) is 2. The first kappa shape index (κ1) is 21.4. The number of methoxy groups -OCH3 is 1. The summed E-state index contributed by atoms with van der Waals surface area (Å²) < 4.78 is 31.4. The Balaban J connectivity index is 1.76. The fraction of sp³-hybridized carbons (Fsp3) is 0.316. The third-order valence-corrected chi connectivity index (χ3v) is 6.22. The van der Waals surface area contributed by atoms with Crippen LogP contribution in [0.4, 0.5) is 0 Å². The zero-order valence-electron chi connectivity index (χ0n) is 15.2. The van der Waals surface area contributed by atoms with E-state index in [0.29, 0.717) is 18.7 Å². The maximum absolute atomic E-state index is 12.2. The molecule has 8 heteroatoms. The van der Waals surface area contributed by atoms with Crippen molar-refractivity contribution in [1.29, 1.82) is 0 Å². The Bertz CT molecular complexity index is 809. The van der Waals surface area contributed by atoms with E-state index in [1.165, 1.54) is 36.3 Å². The van der Waals surface area contributed by atoms with Crippen molar-refractivity contribution in [2.75, 3.05) is 32.6 Å². The Morgan fingerprint density at radius 3 is 2.41 bits per heavy atom. The first-order valence-electron chi connectivity index (χ1n) is 8.57. The molecule has 2 aromatic carbocycles. The van der Waals surface area contributed by atoms with Crippen molar-refractivity contribution in [3.8, 4) is 0 Å². The van der Waals surface area contributed by atoms with Crippen molar-refractivity contribution in [3.63, 3.8) is 0 Å². The van der Waals surface area contributed by atoms with E-state index in [1.807, 2.05) is 18.2 Å². The molecule has 0 spiro atoms. The number of carbonyl (C=O) groups is 1. The van der Waals surface area contributed by atoms with Gasteiger partial charge < -0.3 is 10.1 Å². The van der Waals surface area contributed by atoms with Crippen LogP contribution in [0.3, 0.4) is 0 Å². The van der Waals surface area contributed by atoms with Crippen LogP contribution in [0.2, 0.25) is 0 Å². The molecule has 146 valence electrons. The van der Waals surface area contributed by atoms with Gasteiger partial charge in [-0.1, -0.05) is 18.2 Å². The first-order valence-corrected chi connectivity index (χ1v) is 11.0. The van der Waals surface area contributed by atoms with Gasteiger partial charge in [0.1, 0.15) is 0 Å². The highest BCUT2D eigenvalue weighted by atomic mass is 32.2. The van der Waals surface area contributed by atoms with Crippen LogP contribution in [0.15, 0.2) is 64.4 Å². The third kappa shape index (κ3) is 7.34. The SMILES string of the molecule is COCCNS(=O)(=O)c1ccc(C(=O)NCCCSc2ccccc2)cc1. The molecule has 0 heterocycles. The highest BCUT2D eigenvalue weighted by Crippen LogP contribution is 2.17. The van der Waals surface area contributed by atoms with Crippen molar-refractivity contribution in [1.82, 2.24) is 10.0 Å². The molecule has 0 fully saturated rings. The average molecular weight is 409 g/mol. The Morgan fingerprint density at radius 1 is 1.04 bits per heavy atom. The number of benzene rings is 2. The average Bonchev–Trinajstić information content (AvgIpc) is 2.68. The van der Waals surface area contributed by atoms with Gasteiger partial charge in [0.15, 0.2) is 0 Å². The molecule has 0 saturated carbocycles. The second-order valence-electron chi connectivity index (χ2n) is 5.69. The largest absolute Gasteiger partial charge is 0.383 e. The van der Waals surface area contributed by atoms with E-state index in [4.69, 9.17) is 4.74 Å². The minimum Gasteiger partial charge on any atom is -0.383 e. The van der Waals surface area contributed by atoms with Gasteiger partial charge in [-0.25, -0.2) is 13.1 Å². The molecule has 2 aromatic rings. The van der Waals surface area contributed by atoms with Gasteiger partial charge in [0.2, 0.25) is 10.0 Å². The number of ether oxygens (including phenoxy) is 1. The Morgan fingerprint density at radius 2 is 1.74 bits per heavy atom. The van der Waals surface area contributed by atoms with Gasteiger partial charge in [0.05, 0.1) is 11.5 Å². The van der Waals surface area contributed by atoms with Crippen LogP contribution in [-0.4, -0.2) is 46.9 Å². The zero-order chi connectivity index (χ0) is 19.5. The van der Waals surface area contributed by atoms with Gasteiger partial charge in [0.25, 0.3) is 5.91 Å². The quantitative estimate of drug-likeness (QED) is 0.441. The van der Waals surface area contributed by atoms with Crippen LogP contribution in [0.5, 0.6) is 0 Å². The predicted octanol–water partition coefficient (Wildman–Crippen LogP) is 2.52. The van der Waals surface area contributed by atoms with Gasteiger partial charge in [0, 0.05) is 30.7 Å². The number of sulfonamides is 1. The molecule has 1 amide bonds. The summed E-state index contributed by atoms with van der Waals surface area (Å²) in [4.78, 5) is 13.5. The van der Waals surface area contributed by atoms with Crippen LogP contribution >= 0.6 is 11.8 Å². The number of carbonyl (C=O) groups excluding carboxylic acids is 1. The molecule has 6 nitrogen and oxygen atoms in total. The molecule has 2 N–H and O–H groups in total. The van der Waals surface area contributed by atoms with E-state index in [0.717, 1.165) is 12.2 Å². The number of nitrogens with one attached hydrogen (secondary N) is 2. The predicted molar refractivity (Wildman–Crippen MR) is 108 cm³/mol. The number of hydrogen-bond acceptors (Lipinski definition) is 5. The van der Waals surface area contributed by atoms with E-state index < -0.39 is 10.0 Å². The van der Waals surface area contributed by atoms with Crippen molar-refractivity contribution in [2.24, 2.45) is 0 Å². The molecular formula is C19H24N2O4S2. The lowest BCUT2D eigenvalue weighted by Crippen LogP contribution is -2.27. The summed E-state index contributed by atoms with van der Waals surface area (Å²) in [6.07, 6.45) is 0.848. The summed E-state index contributed by atoms with van der Waals surface area (Å²) in [5.74, 6) is 0.699. The van der Waals surface area contributed by atoms with Crippen molar-refractivity contribution >= 4 is 27.7 Å². The Kier molecular flexibility index (Phi) is 8.80. The lowest BCUT2D eigenvalue weighted by Gasteiger charge is -2.08. The van der Waals surface area contributed by atoms with E-state index in [1.54, 1.807) is 11.8 Å². The third-order valence-electron chi connectivity index (χ3n) is 3.64. The second-order valence-corrected chi connectivity index (χ2v) is 8.62. The Labute approximate surface area is 164 Å². The zero-order valence-corrected chi connectivity index (χ0v) is 16.8. The van der Waals surface area contributed by atoms with E-state index in [-0.39, 0.29) is 17.3 Å². The lowest BCUT2D eigenvalue weighted by molar-refractivity contribution is 0.0953. The lowest BCUT2D eigenvalue weighted by atomic mass is 10.2. The van der Waals surface area contributed by atoms with Gasteiger partial charge in [-0.05, 0) is 48.6 Å². The highest BCUT2D eigenvalue weighted by Gasteiger charge is 2.14. The molecule has 0 bridgehead atoms. The number of amides is 1.